The van der Waals surface area contributed by atoms with E-state index in [0.29, 0.717) is 0 Å². The van der Waals surface area contributed by atoms with Gasteiger partial charge in [0.1, 0.15) is 0 Å². The van der Waals surface area contributed by atoms with Gasteiger partial charge in [0.15, 0.2) is 0 Å². The zero-order valence-electron chi connectivity index (χ0n) is 10.7. The van der Waals surface area contributed by atoms with Crippen molar-refractivity contribution in [1.29, 1.82) is 0 Å². The highest BCUT2D eigenvalue weighted by atomic mass is 15.1. The standard InChI is InChI=1S/C16H21N/c1-17-12-15(13-7-3-2-4-8-13)11-14-9-5-6-10-16(14)17/h5-6,9-11,13H,2-4,7-8,12H2,1H3. The monoisotopic (exact) mass is 227 g/mol. The van der Waals surface area contributed by atoms with Crippen LogP contribution < -0.4 is 4.90 Å². The van der Waals surface area contributed by atoms with Gasteiger partial charge in [-0.1, -0.05) is 43.5 Å². The molecule has 1 aromatic carbocycles. The summed E-state index contributed by atoms with van der Waals surface area (Å²) in [6.45, 7) is 1.13. The normalized spacial score (nSPS) is 21.0. The van der Waals surface area contributed by atoms with Crippen LogP contribution in [0.4, 0.5) is 5.69 Å². The lowest BCUT2D eigenvalue weighted by atomic mass is 9.81. The lowest BCUT2D eigenvalue weighted by molar-refractivity contribution is 0.400. The summed E-state index contributed by atoms with van der Waals surface area (Å²) in [6, 6.07) is 8.75. The molecule has 1 aromatic rings. The Morgan fingerprint density at radius 1 is 1.06 bits per heavy atom. The highest BCUT2D eigenvalue weighted by Gasteiger charge is 2.22. The zero-order valence-corrected chi connectivity index (χ0v) is 10.7. The van der Waals surface area contributed by atoms with Crippen molar-refractivity contribution in [3.05, 3.63) is 35.4 Å². The molecule has 1 aliphatic carbocycles. The van der Waals surface area contributed by atoms with Crippen molar-refractivity contribution in [1.82, 2.24) is 0 Å². The third-order valence-electron chi connectivity index (χ3n) is 4.24. The van der Waals surface area contributed by atoms with Crippen LogP contribution >= 0.6 is 0 Å². The van der Waals surface area contributed by atoms with Gasteiger partial charge in [0.25, 0.3) is 0 Å². The molecule has 0 aromatic heterocycles. The Morgan fingerprint density at radius 3 is 2.65 bits per heavy atom. The number of hydrogen-bond acceptors (Lipinski definition) is 1. The number of benzene rings is 1. The first-order valence-electron chi connectivity index (χ1n) is 6.85. The van der Waals surface area contributed by atoms with Gasteiger partial charge in [-0.05, 0) is 36.0 Å². The summed E-state index contributed by atoms with van der Waals surface area (Å²) >= 11 is 0. The molecule has 0 unspecified atom stereocenters. The van der Waals surface area contributed by atoms with Gasteiger partial charge in [-0.3, -0.25) is 0 Å². The fourth-order valence-corrected chi connectivity index (χ4v) is 3.28. The minimum Gasteiger partial charge on any atom is -0.370 e. The Hall–Kier alpha value is -1.24. The summed E-state index contributed by atoms with van der Waals surface area (Å²) in [5.74, 6) is 0.847. The molecular formula is C16H21N. The van der Waals surface area contributed by atoms with Crippen LogP contribution in [0.15, 0.2) is 29.8 Å². The number of para-hydroxylation sites is 1. The second-order valence-corrected chi connectivity index (χ2v) is 5.47. The van der Waals surface area contributed by atoms with E-state index in [4.69, 9.17) is 0 Å². The zero-order chi connectivity index (χ0) is 11.7. The van der Waals surface area contributed by atoms with Gasteiger partial charge >= 0.3 is 0 Å². The number of likely N-dealkylation sites (N-methyl/N-ethyl adjacent to an activating group) is 1. The Balaban J connectivity index is 1.90. The quantitative estimate of drug-likeness (QED) is 0.698. The minimum absolute atomic E-state index is 0.847. The van der Waals surface area contributed by atoms with Crippen molar-refractivity contribution in [3.63, 3.8) is 0 Å². The molecule has 1 heterocycles. The van der Waals surface area contributed by atoms with E-state index in [1.54, 1.807) is 5.57 Å². The Morgan fingerprint density at radius 2 is 1.82 bits per heavy atom. The molecule has 0 atom stereocenters. The molecule has 3 rings (SSSR count). The van der Waals surface area contributed by atoms with Crippen LogP contribution in [0.25, 0.3) is 6.08 Å². The van der Waals surface area contributed by atoms with Crippen LogP contribution in [0.2, 0.25) is 0 Å². The summed E-state index contributed by atoms with van der Waals surface area (Å²) in [5.41, 5.74) is 4.44. The van der Waals surface area contributed by atoms with Crippen molar-refractivity contribution in [2.75, 3.05) is 18.5 Å². The maximum atomic E-state index is 2.45. The average molecular weight is 227 g/mol. The summed E-state index contributed by atoms with van der Waals surface area (Å²) < 4.78 is 0. The number of hydrogen-bond donors (Lipinski definition) is 0. The molecule has 1 fully saturated rings. The molecule has 0 bridgehead atoms. The third kappa shape index (κ3) is 2.11. The lowest BCUT2D eigenvalue weighted by Gasteiger charge is -2.33. The van der Waals surface area contributed by atoms with E-state index in [0.717, 1.165) is 12.5 Å². The molecule has 17 heavy (non-hydrogen) atoms. The van der Waals surface area contributed by atoms with Gasteiger partial charge in [-0.25, -0.2) is 0 Å². The smallest absolute Gasteiger partial charge is 0.0440 e. The predicted molar refractivity (Wildman–Crippen MR) is 74.3 cm³/mol. The van der Waals surface area contributed by atoms with Crippen molar-refractivity contribution >= 4 is 11.8 Å². The molecule has 0 spiro atoms. The van der Waals surface area contributed by atoms with E-state index in [2.05, 4.69) is 42.3 Å². The lowest BCUT2D eigenvalue weighted by Crippen LogP contribution is -2.27. The Kier molecular flexibility index (Phi) is 2.92. The van der Waals surface area contributed by atoms with Crippen molar-refractivity contribution in [3.8, 4) is 0 Å². The summed E-state index contributed by atoms with van der Waals surface area (Å²) in [5, 5.41) is 0. The summed E-state index contributed by atoms with van der Waals surface area (Å²) in [7, 11) is 2.22. The topological polar surface area (TPSA) is 3.24 Å². The molecule has 0 N–H and O–H groups in total. The largest absolute Gasteiger partial charge is 0.370 e. The first kappa shape index (κ1) is 10.9. The fraction of sp³-hybridized carbons (Fsp3) is 0.500. The van der Waals surface area contributed by atoms with E-state index in [-0.39, 0.29) is 0 Å². The van der Waals surface area contributed by atoms with Gasteiger partial charge in [0.2, 0.25) is 0 Å². The first-order chi connectivity index (χ1) is 8.34. The van der Waals surface area contributed by atoms with Crippen LogP contribution in [0.5, 0.6) is 0 Å². The van der Waals surface area contributed by atoms with Crippen molar-refractivity contribution in [2.45, 2.75) is 32.1 Å². The van der Waals surface area contributed by atoms with Crippen LogP contribution in [-0.2, 0) is 0 Å². The molecule has 1 aliphatic heterocycles. The van der Waals surface area contributed by atoms with Crippen LogP contribution in [-0.4, -0.2) is 13.6 Å². The molecule has 1 nitrogen and oxygen atoms in total. The van der Waals surface area contributed by atoms with E-state index in [9.17, 15) is 0 Å². The van der Waals surface area contributed by atoms with E-state index in [1.165, 1.54) is 43.4 Å². The van der Waals surface area contributed by atoms with Gasteiger partial charge in [0.05, 0.1) is 0 Å². The van der Waals surface area contributed by atoms with Gasteiger partial charge in [-0.15, -0.1) is 0 Å². The molecule has 1 saturated carbocycles. The van der Waals surface area contributed by atoms with Crippen molar-refractivity contribution < 1.29 is 0 Å². The average Bonchev–Trinajstić information content (AvgIpc) is 2.40. The minimum atomic E-state index is 0.847. The van der Waals surface area contributed by atoms with E-state index in [1.807, 2.05) is 0 Å². The van der Waals surface area contributed by atoms with Gasteiger partial charge in [0, 0.05) is 19.3 Å². The Bertz CT molecular complexity index is 427. The molecular weight excluding hydrogens is 206 g/mol. The van der Waals surface area contributed by atoms with Crippen LogP contribution in [0, 0.1) is 5.92 Å². The second-order valence-electron chi connectivity index (χ2n) is 5.47. The maximum Gasteiger partial charge on any atom is 0.0440 e. The van der Waals surface area contributed by atoms with Gasteiger partial charge in [-0.2, -0.15) is 0 Å². The highest BCUT2D eigenvalue weighted by molar-refractivity contribution is 5.73. The SMILES string of the molecule is CN1CC(C2CCCCC2)=Cc2ccccc21. The Labute approximate surface area is 104 Å². The number of fused-ring (bicyclic) bond motifs is 1. The van der Waals surface area contributed by atoms with E-state index < -0.39 is 0 Å². The fourth-order valence-electron chi connectivity index (χ4n) is 3.28. The van der Waals surface area contributed by atoms with Crippen LogP contribution in [0.3, 0.4) is 0 Å². The third-order valence-corrected chi connectivity index (χ3v) is 4.24. The second kappa shape index (κ2) is 4.56. The van der Waals surface area contributed by atoms with Crippen molar-refractivity contribution in [2.24, 2.45) is 5.92 Å². The van der Waals surface area contributed by atoms with Gasteiger partial charge < -0.3 is 4.90 Å². The number of nitrogens with zero attached hydrogens (tertiary/aromatic N) is 1. The molecule has 0 radical (unpaired) electrons. The number of anilines is 1. The highest BCUT2D eigenvalue weighted by Crippen LogP contribution is 2.36. The molecule has 0 saturated heterocycles. The predicted octanol–water partition coefficient (Wildman–Crippen LogP) is 4.10. The maximum absolute atomic E-state index is 2.45. The molecule has 1 heteroatoms. The number of rotatable bonds is 1. The summed E-state index contributed by atoms with van der Waals surface area (Å²) in [4.78, 5) is 2.40. The molecule has 0 amide bonds. The first-order valence-corrected chi connectivity index (χ1v) is 6.85. The van der Waals surface area contributed by atoms with Crippen LogP contribution in [0.1, 0.15) is 37.7 Å². The molecule has 90 valence electrons. The van der Waals surface area contributed by atoms with E-state index >= 15 is 0 Å². The summed E-state index contributed by atoms with van der Waals surface area (Å²) in [6.07, 6.45) is 9.55. The molecule has 2 aliphatic rings.